The van der Waals surface area contributed by atoms with Crippen molar-refractivity contribution in [2.45, 2.75) is 24.4 Å². The third-order valence-corrected chi connectivity index (χ3v) is 6.42. The van der Waals surface area contributed by atoms with E-state index in [1.54, 1.807) is 19.1 Å². The maximum absolute atomic E-state index is 12.9. The van der Waals surface area contributed by atoms with Gasteiger partial charge in [0.25, 0.3) is 5.91 Å². The van der Waals surface area contributed by atoms with Gasteiger partial charge in [0.1, 0.15) is 5.82 Å². The monoisotopic (exact) mass is 392 g/mol. The van der Waals surface area contributed by atoms with Gasteiger partial charge in [-0.05, 0) is 48.9 Å². The van der Waals surface area contributed by atoms with Gasteiger partial charge in [0.15, 0.2) is 0 Å². The van der Waals surface area contributed by atoms with Gasteiger partial charge in [0.2, 0.25) is 10.0 Å². The van der Waals surface area contributed by atoms with Crippen LogP contribution in [0.15, 0.2) is 53.4 Å². The van der Waals surface area contributed by atoms with Crippen LogP contribution in [-0.2, 0) is 21.3 Å². The van der Waals surface area contributed by atoms with E-state index >= 15 is 0 Å². The second-order valence-corrected chi connectivity index (χ2v) is 8.26. The number of hydrogen-bond donors (Lipinski definition) is 1. The second kappa shape index (κ2) is 8.16. The minimum Gasteiger partial charge on any atom is -0.378 e. The van der Waals surface area contributed by atoms with E-state index in [-0.39, 0.29) is 29.2 Å². The summed E-state index contributed by atoms with van der Waals surface area (Å²) in [5.41, 5.74) is 1.12. The number of halogens is 1. The lowest BCUT2D eigenvalue weighted by molar-refractivity contribution is 0.0393. The highest BCUT2D eigenvalue weighted by Crippen LogP contribution is 2.21. The van der Waals surface area contributed by atoms with Crippen LogP contribution in [0.4, 0.5) is 4.39 Å². The zero-order valence-electron chi connectivity index (χ0n) is 14.9. The van der Waals surface area contributed by atoms with Crippen LogP contribution in [0.2, 0.25) is 0 Å². The Labute approximate surface area is 158 Å². The van der Waals surface area contributed by atoms with Crippen LogP contribution in [-0.4, -0.2) is 44.4 Å². The Balaban J connectivity index is 1.67. The number of morpholine rings is 1. The number of benzene rings is 2. The summed E-state index contributed by atoms with van der Waals surface area (Å²) in [5, 5.41) is 2.73. The lowest BCUT2D eigenvalue weighted by Gasteiger charge is -2.32. The Bertz CT molecular complexity index is 898. The molecule has 0 spiro atoms. The molecule has 1 N–H and O–H groups in total. The van der Waals surface area contributed by atoms with Crippen LogP contribution in [0.25, 0.3) is 0 Å². The fourth-order valence-electron chi connectivity index (χ4n) is 2.87. The molecule has 1 heterocycles. The minimum atomic E-state index is -3.63. The Hall–Kier alpha value is -2.29. The first-order valence-corrected chi connectivity index (χ1v) is 10.0. The average molecular weight is 392 g/mol. The van der Waals surface area contributed by atoms with Crippen molar-refractivity contribution in [3.05, 3.63) is 65.5 Å². The first-order chi connectivity index (χ1) is 12.9. The van der Waals surface area contributed by atoms with E-state index in [0.717, 1.165) is 5.56 Å². The summed E-state index contributed by atoms with van der Waals surface area (Å²) in [5.74, 6) is -0.667. The first kappa shape index (κ1) is 19.5. The summed E-state index contributed by atoms with van der Waals surface area (Å²) in [7, 11) is -3.63. The molecule has 2 aromatic rings. The number of hydrogen-bond acceptors (Lipinski definition) is 4. The summed E-state index contributed by atoms with van der Waals surface area (Å²) < 4.78 is 45.1. The molecule has 1 fully saturated rings. The highest BCUT2D eigenvalue weighted by atomic mass is 32.2. The summed E-state index contributed by atoms with van der Waals surface area (Å²) in [6.45, 7) is 3.10. The van der Waals surface area contributed by atoms with Gasteiger partial charge in [-0.15, -0.1) is 0 Å². The standard InChI is InChI=1S/C19H21FN2O4S/c1-14-13-26-11-10-22(14)27(24,25)18-8-4-16(5-9-18)19(23)21-12-15-2-6-17(20)7-3-15/h2-9,14H,10-13H2,1H3,(H,21,23). The quantitative estimate of drug-likeness (QED) is 0.846. The third kappa shape index (κ3) is 4.52. The Morgan fingerprint density at radius 1 is 1.19 bits per heavy atom. The van der Waals surface area contributed by atoms with E-state index in [2.05, 4.69) is 5.32 Å². The van der Waals surface area contributed by atoms with E-state index < -0.39 is 10.0 Å². The second-order valence-electron chi connectivity index (χ2n) is 6.37. The number of ether oxygens (including phenoxy) is 1. The van der Waals surface area contributed by atoms with Gasteiger partial charge in [0.05, 0.1) is 18.1 Å². The molecule has 1 aliphatic heterocycles. The molecule has 8 heteroatoms. The van der Waals surface area contributed by atoms with Crippen molar-refractivity contribution in [3.8, 4) is 0 Å². The Morgan fingerprint density at radius 3 is 2.48 bits per heavy atom. The van der Waals surface area contributed by atoms with Crippen LogP contribution in [0, 0.1) is 5.82 Å². The van der Waals surface area contributed by atoms with Gasteiger partial charge in [-0.2, -0.15) is 4.31 Å². The summed E-state index contributed by atoms with van der Waals surface area (Å²) in [6, 6.07) is 11.4. The number of carbonyl (C=O) groups is 1. The van der Waals surface area contributed by atoms with Gasteiger partial charge in [-0.3, -0.25) is 4.79 Å². The number of nitrogens with one attached hydrogen (secondary N) is 1. The van der Waals surface area contributed by atoms with E-state index in [1.165, 1.54) is 40.7 Å². The smallest absolute Gasteiger partial charge is 0.251 e. The molecule has 1 aliphatic rings. The Morgan fingerprint density at radius 2 is 1.85 bits per heavy atom. The van der Waals surface area contributed by atoms with E-state index in [4.69, 9.17) is 4.74 Å². The minimum absolute atomic E-state index is 0.145. The van der Waals surface area contributed by atoms with E-state index in [1.807, 2.05) is 0 Å². The van der Waals surface area contributed by atoms with Gasteiger partial charge in [-0.25, -0.2) is 12.8 Å². The first-order valence-electron chi connectivity index (χ1n) is 8.60. The molecular weight excluding hydrogens is 371 g/mol. The van der Waals surface area contributed by atoms with Crippen molar-refractivity contribution >= 4 is 15.9 Å². The molecule has 1 amide bonds. The van der Waals surface area contributed by atoms with E-state index in [0.29, 0.717) is 25.3 Å². The average Bonchev–Trinajstić information content (AvgIpc) is 2.67. The number of sulfonamides is 1. The van der Waals surface area contributed by atoms with Crippen molar-refractivity contribution in [2.75, 3.05) is 19.8 Å². The summed E-state index contributed by atoms with van der Waals surface area (Å²) in [6.07, 6.45) is 0. The van der Waals surface area contributed by atoms with Crippen LogP contribution in [0.1, 0.15) is 22.8 Å². The molecule has 0 bridgehead atoms. The molecule has 2 aromatic carbocycles. The third-order valence-electron chi connectivity index (χ3n) is 4.40. The van der Waals surface area contributed by atoms with Crippen molar-refractivity contribution in [1.82, 2.24) is 9.62 Å². The molecule has 1 atom stereocenters. The maximum Gasteiger partial charge on any atom is 0.251 e. The fourth-order valence-corrected chi connectivity index (χ4v) is 4.47. The number of rotatable bonds is 5. The van der Waals surface area contributed by atoms with Gasteiger partial charge >= 0.3 is 0 Å². The molecule has 1 saturated heterocycles. The predicted octanol–water partition coefficient (Wildman–Crippen LogP) is 2.17. The molecule has 0 radical (unpaired) electrons. The van der Waals surface area contributed by atoms with Crippen LogP contribution < -0.4 is 5.32 Å². The summed E-state index contributed by atoms with van der Waals surface area (Å²) in [4.78, 5) is 12.4. The molecule has 0 aromatic heterocycles. The molecule has 6 nitrogen and oxygen atoms in total. The molecular formula is C19H21FN2O4S. The van der Waals surface area contributed by atoms with Crippen molar-refractivity contribution in [1.29, 1.82) is 0 Å². The van der Waals surface area contributed by atoms with Crippen LogP contribution in [0.3, 0.4) is 0 Å². The number of amides is 1. The molecule has 27 heavy (non-hydrogen) atoms. The highest BCUT2D eigenvalue weighted by Gasteiger charge is 2.31. The zero-order chi connectivity index (χ0) is 19.4. The van der Waals surface area contributed by atoms with Gasteiger partial charge < -0.3 is 10.1 Å². The highest BCUT2D eigenvalue weighted by molar-refractivity contribution is 7.89. The number of nitrogens with zero attached hydrogens (tertiary/aromatic N) is 1. The van der Waals surface area contributed by atoms with Gasteiger partial charge in [-0.1, -0.05) is 12.1 Å². The lowest BCUT2D eigenvalue weighted by atomic mass is 10.2. The fraction of sp³-hybridized carbons (Fsp3) is 0.316. The van der Waals surface area contributed by atoms with Crippen molar-refractivity contribution in [3.63, 3.8) is 0 Å². The number of carbonyl (C=O) groups excluding carboxylic acids is 1. The van der Waals surface area contributed by atoms with E-state index in [9.17, 15) is 17.6 Å². The van der Waals surface area contributed by atoms with Crippen molar-refractivity contribution in [2.24, 2.45) is 0 Å². The lowest BCUT2D eigenvalue weighted by Crippen LogP contribution is -2.46. The summed E-state index contributed by atoms with van der Waals surface area (Å²) >= 11 is 0. The molecule has 144 valence electrons. The molecule has 1 unspecified atom stereocenters. The molecule has 0 aliphatic carbocycles. The molecule has 0 saturated carbocycles. The van der Waals surface area contributed by atoms with Gasteiger partial charge in [0, 0.05) is 24.7 Å². The van der Waals surface area contributed by atoms with Crippen molar-refractivity contribution < 1.29 is 22.3 Å². The van der Waals surface area contributed by atoms with Crippen LogP contribution in [0.5, 0.6) is 0 Å². The molecule has 3 rings (SSSR count). The zero-order valence-corrected chi connectivity index (χ0v) is 15.7. The normalized spacial score (nSPS) is 18.2. The predicted molar refractivity (Wildman–Crippen MR) is 98.2 cm³/mol. The largest absolute Gasteiger partial charge is 0.378 e. The van der Waals surface area contributed by atoms with Crippen LogP contribution >= 0.6 is 0 Å². The SMILES string of the molecule is CC1COCCN1S(=O)(=O)c1ccc(C(=O)NCc2ccc(F)cc2)cc1. The Kier molecular flexibility index (Phi) is 5.88. The topological polar surface area (TPSA) is 75.7 Å². The maximum atomic E-state index is 12.9.